The van der Waals surface area contributed by atoms with E-state index in [0.717, 1.165) is 43.1 Å². The lowest BCUT2D eigenvalue weighted by Gasteiger charge is -2.32. The standard InChI is InChI=1S/C18H26N4OS/c1-11-12(2)24-10-13(11)4-5-20-17-8-16(14-6-15(19)7-14)21-18(22-17)9-23-3/h8,10,14-15H,4-7,9,19H2,1-3H3,(H,20,21,22). The van der Waals surface area contributed by atoms with Gasteiger partial charge in [0.15, 0.2) is 5.82 Å². The second-order valence-corrected chi connectivity index (χ2v) is 7.66. The lowest BCUT2D eigenvalue weighted by molar-refractivity contribution is 0.177. The van der Waals surface area contributed by atoms with Crippen molar-refractivity contribution < 1.29 is 4.74 Å². The van der Waals surface area contributed by atoms with Crippen LogP contribution in [0.3, 0.4) is 0 Å². The van der Waals surface area contributed by atoms with Crippen molar-refractivity contribution in [2.45, 2.75) is 51.7 Å². The molecule has 3 rings (SSSR count). The molecule has 1 saturated carbocycles. The molecule has 0 aliphatic heterocycles. The Labute approximate surface area is 147 Å². The summed E-state index contributed by atoms with van der Waals surface area (Å²) in [5, 5.41) is 5.70. The van der Waals surface area contributed by atoms with E-state index >= 15 is 0 Å². The van der Waals surface area contributed by atoms with Gasteiger partial charge in [0, 0.05) is 42.3 Å². The summed E-state index contributed by atoms with van der Waals surface area (Å²) in [6.45, 7) is 5.67. The Bertz CT molecular complexity index is 694. The predicted molar refractivity (Wildman–Crippen MR) is 98.7 cm³/mol. The van der Waals surface area contributed by atoms with E-state index in [1.807, 2.05) is 11.3 Å². The molecular formula is C18H26N4OS. The van der Waals surface area contributed by atoms with Crippen LogP contribution < -0.4 is 11.1 Å². The average Bonchev–Trinajstić information content (AvgIpc) is 2.84. The number of aromatic nitrogens is 2. The minimum atomic E-state index is 0.317. The molecule has 5 nitrogen and oxygen atoms in total. The van der Waals surface area contributed by atoms with E-state index < -0.39 is 0 Å². The number of hydrogen-bond donors (Lipinski definition) is 2. The van der Waals surface area contributed by atoms with Crippen molar-refractivity contribution in [2.24, 2.45) is 5.73 Å². The largest absolute Gasteiger partial charge is 0.377 e. The fourth-order valence-corrected chi connectivity index (χ4v) is 3.97. The van der Waals surface area contributed by atoms with E-state index in [4.69, 9.17) is 10.5 Å². The number of hydrogen-bond acceptors (Lipinski definition) is 6. The molecule has 0 unspecified atom stereocenters. The molecule has 0 atom stereocenters. The second-order valence-electron chi connectivity index (χ2n) is 6.57. The zero-order valence-corrected chi connectivity index (χ0v) is 15.4. The maximum Gasteiger partial charge on any atom is 0.156 e. The third-order valence-corrected chi connectivity index (χ3v) is 5.81. The molecule has 2 aromatic rings. The van der Waals surface area contributed by atoms with E-state index in [1.54, 1.807) is 7.11 Å². The number of nitrogens with two attached hydrogens (primary N) is 1. The van der Waals surface area contributed by atoms with Crippen LogP contribution in [0.1, 0.15) is 46.3 Å². The van der Waals surface area contributed by atoms with Gasteiger partial charge >= 0.3 is 0 Å². The van der Waals surface area contributed by atoms with Gasteiger partial charge in [0.2, 0.25) is 0 Å². The maximum atomic E-state index is 5.92. The highest BCUT2D eigenvalue weighted by Crippen LogP contribution is 2.35. The Morgan fingerprint density at radius 2 is 2.12 bits per heavy atom. The van der Waals surface area contributed by atoms with Crippen LogP contribution in [-0.4, -0.2) is 29.7 Å². The van der Waals surface area contributed by atoms with Gasteiger partial charge < -0.3 is 15.8 Å². The number of nitrogens with zero attached hydrogens (tertiary/aromatic N) is 2. The molecule has 130 valence electrons. The lowest BCUT2D eigenvalue weighted by Crippen LogP contribution is -2.35. The maximum absolute atomic E-state index is 5.92. The quantitative estimate of drug-likeness (QED) is 0.806. The Hall–Kier alpha value is -1.50. The van der Waals surface area contributed by atoms with Crippen molar-refractivity contribution in [3.05, 3.63) is 39.0 Å². The third kappa shape index (κ3) is 3.94. The minimum absolute atomic E-state index is 0.317. The molecule has 0 aromatic carbocycles. The Morgan fingerprint density at radius 1 is 1.33 bits per heavy atom. The SMILES string of the molecule is COCc1nc(NCCc2csc(C)c2C)cc(C2CC(N)C2)n1. The first kappa shape index (κ1) is 17.3. The zero-order chi connectivity index (χ0) is 17.1. The fraction of sp³-hybridized carbons (Fsp3) is 0.556. The van der Waals surface area contributed by atoms with Gasteiger partial charge in [-0.2, -0.15) is 0 Å². The van der Waals surface area contributed by atoms with E-state index in [1.165, 1.54) is 16.0 Å². The van der Waals surface area contributed by atoms with Crippen LogP contribution in [0.4, 0.5) is 5.82 Å². The summed E-state index contributed by atoms with van der Waals surface area (Å²) >= 11 is 1.82. The smallest absolute Gasteiger partial charge is 0.156 e. The van der Waals surface area contributed by atoms with Crippen molar-refractivity contribution in [1.29, 1.82) is 0 Å². The van der Waals surface area contributed by atoms with Crippen LogP contribution in [0, 0.1) is 13.8 Å². The molecule has 0 amide bonds. The van der Waals surface area contributed by atoms with Crippen LogP contribution in [-0.2, 0) is 17.8 Å². The molecule has 0 saturated heterocycles. The summed E-state index contributed by atoms with van der Waals surface area (Å²) in [6.07, 6.45) is 3.02. The number of aryl methyl sites for hydroxylation is 1. The highest BCUT2D eigenvalue weighted by molar-refractivity contribution is 7.10. The van der Waals surface area contributed by atoms with Gasteiger partial charge in [-0.15, -0.1) is 11.3 Å². The van der Waals surface area contributed by atoms with Crippen molar-refractivity contribution >= 4 is 17.2 Å². The van der Waals surface area contributed by atoms with Gasteiger partial charge in [0.25, 0.3) is 0 Å². The molecule has 3 N–H and O–H groups in total. The Kier molecular flexibility index (Phi) is 5.48. The van der Waals surface area contributed by atoms with Crippen LogP contribution in [0.5, 0.6) is 0 Å². The van der Waals surface area contributed by atoms with Crippen molar-refractivity contribution in [3.8, 4) is 0 Å². The Balaban J connectivity index is 1.66. The van der Waals surface area contributed by atoms with E-state index in [9.17, 15) is 0 Å². The molecule has 2 aromatic heterocycles. The first-order valence-electron chi connectivity index (χ1n) is 8.46. The molecule has 0 radical (unpaired) electrons. The molecule has 6 heteroatoms. The molecule has 1 fully saturated rings. The number of rotatable bonds is 7. The van der Waals surface area contributed by atoms with Gasteiger partial charge in [-0.3, -0.25) is 0 Å². The average molecular weight is 347 g/mol. The van der Waals surface area contributed by atoms with Gasteiger partial charge in [-0.25, -0.2) is 9.97 Å². The van der Waals surface area contributed by atoms with Crippen molar-refractivity contribution in [3.63, 3.8) is 0 Å². The van der Waals surface area contributed by atoms with E-state index in [0.29, 0.717) is 18.6 Å². The summed E-state index contributed by atoms with van der Waals surface area (Å²) < 4.78 is 5.21. The second kappa shape index (κ2) is 7.59. The first-order chi connectivity index (χ1) is 11.6. The van der Waals surface area contributed by atoms with Crippen LogP contribution in [0.25, 0.3) is 0 Å². The summed E-state index contributed by atoms with van der Waals surface area (Å²) in [4.78, 5) is 10.6. The van der Waals surface area contributed by atoms with Crippen molar-refractivity contribution in [1.82, 2.24) is 9.97 Å². The van der Waals surface area contributed by atoms with Crippen LogP contribution in [0.2, 0.25) is 0 Å². The van der Waals surface area contributed by atoms with Gasteiger partial charge in [-0.1, -0.05) is 0 Å². The molecule has 0 spiro atoms. The van der Waals surface area contributed by atoms with Crippen LogP contribution in [0.15, 0.2) is 11.4 Å². The zero-order valence-electron chi connectivity index (χ0n) is 14.6. The molecule has 0 bridgehead atoms. The highest BCUT2D eigenvalue weighted by atomic mass is 32.1. The summed E-state index contributed by atoms with van der Waals surface area (Å²) in [7, 11) is 1.67. The van der Waals surface area contributed by atoms with Gasteiger partial charge in [0.05, 0.1) is 0 Å². The fourth-order valence-electron chi connectivity index (χ4n) is 3.05. The number of anilines is 1. The molecule has 1 aliphatic rings. The number of ether oxygens (including phenoxy) is 1. The summed E-state index contributed by atoms with van der Waals surface area (Å²) in [5.74, 6) is 2.08. The summed E-state index contributed by atoms with van der Waals surface area (Å²) in [6, 6.07) is 2.39. The normalized spacial score (nSPS) is 20.0. The van der Waals surface area contributed by atoms with Gasteiger partial charge in [-0.05, 0) is 49.6 Å². The molecule has 2 heterocycles. The van der Waals surface area contributed by atoms with Gasteiger partial charge in [0.1, 0.15) is 12.4 Å². The number of nitrogens with one attached hydrogen (secondary N) is 1. The monoisotopic (exact) mass is 346 g/mol. The topological polar surface area (TPSA) is 73.1 Å². The first-order valence-corrected chi connectivity index (χ1v) is 9.34. The predicted octanol–water partition coefficient (Wildman–Crippen LogP) is 3.16. The van der Waals surface area contributed by atoms with E-state index in [2.05, 4.69) is 40.6 Å². The Morgan fingerprint density at radius 3 is 2.75 bits per heavy atom. The minimum Gasteiger partial charge on any atom is -0.377 e. The molecule has 1 aliphatic carbocycles. The van der Waals surface area contributed by atoms with Crippen molar-refractivity contribution in [2.75, 3.05) is 19.0 Å². The number of thiophene rings is 1. The van der Waals surface area contributed by atoms with Crippen LogP contribution >= 0.6 is 11.3 Å². The van der Waals surface area contributed by atoms with E-state index in [-0.39, 0.29) is 0 Å². The molecule has 24 heavy (non-hydrogen) atoms. The molecular weight excluding hydrogens is 320 g/mol. The third-order valence-electron chi connectivity index (χ3n) is 4.75. The highest BCUT2D eigenvalue weighted by Gasteiger charge is 2.29. The lowest BCUT2D eigenvalue weighted by atomic mass is 9.78. The number of methoxy groups -OCH3 is 1. The summed E-state index contributed by atoms with van der Waals surface area (Å²) in [5.41, 5.74) is 9.83.